The molecule has 1 N–H and O–H groups in total. The number of amides is 1. The summed E-state index contributed by atoms with van der Waals surface area (Å²) in [7, 11) is 0. The molecule has 0 bridgehead atoms. The van der Waals surface area contributed by atoms with Gasteiger partial charge in [-0.15, -0.1) is 0 Å². The molecule has 1 amide bonds. The van der Waals surface area contributed by atoms with E-state index in [1.807, 2.05) is 30.3 Å². The van der Waals surface area contributed by atoms with Crippen molar-refractivity contribution in [1.82, 2.24) is 9.78 Å². The quantitative estimate of drug-likeness (QED) is 0.722. The van der Waals surface area contributed by atoms with Crippen LogP contribution in [0.1, 0.15) is 15.9 Å². The molecular formula is C17H12ClF2N3O. The largest absolute Gasteiger partial charge is 0.307 e. The van der Waals surface area contributed by atoms with E-state index >= 15 is 0 Å². The van der Waals surface area contributed by atoms with Crippen LogP contribution in [0.3, 0.4) is 0 Å². The lowest BCUT2D eigenvalue weighted by atomic mass is 10.2. The second-order valence-corrected chi connectivity index (χ2v) is 5.47. The molecule has 0 unspecified atom stereocenters. The number of hydrogen-bond donors (Lipinski definition) is 1. The molecule has 1 aromatic heterocycles. The highest BCUT2D eigenvalue weighted by atomic mass is 35.5. The van der Waals surface area contributed by atoms with Gasteiger partial charge in [0, 0.05) is 6.07 Å². The molecule has 0 aliphatic heterocycles. The predicted molar refractivity (Wildman–Crippen MR) is 87.1 cm³/mol. The number of carbonyl (C=O) groups excluding carboxylic acids is 1. The van der Waals surface area contributed by atoms with E-state index in [0.717, 1.165) is 17.7 Å². The number of aromatic nitrogens is 2. The first kappa shape index (κ1) is 16.1. The monoisotopic (exact) mass is 347 g/mol. The normalized spacial score (nSPS) is 10.6. The first-order valence-corrected chi connectivity index (χ1v) is 7.44. The fraction of sp³-hybridized carbons (Fsp3) is 0.0588. The Bertz CT molecular complexity index is 881. The molecule has 1 heterocycles. The summed E-state index contributed by atoms with van der Waals surface area (Å²) < 4.78 is 28.0. The number of nitrogens with zero attached hydrogens (tertiary/aromatic N) is 2. The SMILES string of the molecule is O=C(Nc1ccnn1Cc1ccccc1)c1cc(F)c(F)cc1Cl. The van der Waals surface area contributed by atoms with Crippen LogP contribution >= 0.6 is 11.6 Å². The summed E-state index contributed by atoms with van der Waals surface area (Å²) in [6, 6.07) is 12.7. The van der Waals surface area contributed by atoms with Crippen LogP contribution in [-0.4, -0.2) is 15.7 Å². The number of benzene rings is 2. The van der Waals surface area contributed by atoms with Crippen LogP contribution in [0.5, 0.6) is 0 Å². The minimum absolute atomic E-state index is 0.150. The number of nitrogens with one attached hydrogen (secondary N) is 1. The van der Waals surface area contributed by atoms with E-state index in [1.165, 1.54) is 6.20 Å². The standard InChI is InChI=1S/C17H12ClF2N3O/c18-13-9-15(20)14(19)8-12(13)17(24)22-16-6-7-21-23(16)10-11-4-2-1-3-5-11/h1-9H,10H2,(H,22,24). The van der Waals surface area contributed by atoms with Gasteiger partial charge in [-0.2, -0.15) is 5.10 Å². The molecule has 0 saturated carbocycles. The Labute approximate surface area is 141 Å². The highest BCUT2D eigenvalue weighted by Crippen LogP contribution is 2.21. The van der Waals surface area contributed by atoms with Gasteiger partial charge in [-0.1, -0.05) is 41.9 Å². The third-order valence-electron chi connectivity index (χ3n) is 3.39. The van der Waals surface area contributed by atoms with Crippen molar-refractivity contribution in [2.75, 3.05) is 5.32 Å². The van der Waals surface area contributed by atoms with Crippen molar-refractivity contribution in [3.05, 3.63) is 82.5 Å². The molecule has 7 heteroatoms. The molecule has 0 fully saturated rings. The Morgan fingerprint density at radius 1 is 1.12 bits per heavy atom. The second-order valence-electron chi connectivity index (χ2n) is 5.06. The van der Waals surface area contributed by atoms with E-state index < -0.39 is 17.5 Å². The van der Waals surface area contributed by atoms with Crippen molar-refractivity contribution < 1.29 is 13.6 Å². The van der Waals surface area contributed by atoms with Gasteiger partial charge in [0.2, 0.25) is 0 Å². The molecule has 0 aliphatic rings. The van der Waals surface area contributed by atoms with Gasteiger partial charge in [0.15, 0.2) is 11.6 Å². The van der Waals surface area contributed by atoms with E-state index in [4.69, 9.17) is 11.6 Å². The van der Waals surface area contributed by atoms with E-state index in [9.17, 15) is 13.6 Å². The van der Waals surface area contributed by atoms with Gasteiger partial charge < -0.3 is 5.32 Å². The number of hydrogen-bond acceptors (Lipinski definition) is 2. The number of halogens is 3. The molecule has 24 heavy (non-hydrogen) atoms. The minimum Gasteiger partial charge on any atom is -0.307 e. The molecule has 0 atom stereocenters. The van der Waals surface area contributed by atoms with Gasteiger partial charge in [-0.3, -0.25) is 4.79 Å². The van der Waals surface area contributed by atoms with Crippen molar-refractivity contribution in [1.29, 1.82) is 0 Å². The summed E-state index contributed by atoms with van der Waals surface area (Å²) in [5, 5.41) is 6.58. The third-order valence-corrected chi connectivity index (χ3v) is 3.70. The molecular weight excluding hydrogens is 336 g/mol. The fourth-order valence-corrected chi connectivity index (χ4v) is 2.44. The van der Waals surface area contributed by atoms with Crippen LogP contribution in [0, 0.1) is 11.6 Å². The van der Waals surface area contributed by atoms with E-state index in [-0.39, 0.29) is 10.6 Å². The lowest BCUT2D eigenvalue weighted by Crippen LogP contribution is -2.17. The zero-order chi connectivity index (χ0) is 17.1. The van der Waals surface area contributed by atoms with Crippen LogP contribution in [0.15, 0.2) is 54.7 Å². The van der Waals surface area contributed by atoms with Crippen LogP contribution in [0.25, 0.3) is 0 Å². The smallest absolute Gasteiger partial charge is 0.258 e. The Kier molecular flexibility index (Phi) is 4.57. The molecule has 0 spiro atoms. The summed E-state index contributed by atoms with van der Waals surface area (Å²) in [4.78, 5) is 12.3. The van der Waals surface area contributed by atoms with Crippen LogP contribution in [0.2, 0.25) is 5.02 Å². The molecule has 0 aliphatic carbocycles. The molecule has 122 valence electrons. The van der Waals surface area contributed by atoms with Gasteiger partial charge in [-0.25, -0.2) is 13.5 Å². The highest BCUT2D eigenvalue weighted by Gasteiger charge is 2.16. The van der Waals surface area contributed by atoms with Crippen molar-refractivity contribution in [2.45, 2.75) is 6.54 Å². The van der Waals surface area contributed by atoms with Crippen molar-refractivity contribution in [3.8, 4) is 0 Å². The number of anilines is 1. The Balaban J connectivity index is 1.81. The number of carbonyl (C=O) groups is 1. The van der Waals surface area contributed by atoms with Gasteiger partial charge in [0.1, 0.15) is 5.82 Å². The Hall–Kier alpha value is -2.73. The first-order chi connectivity index (χ1) is 11.5. The zero-order valence-electron chi connectivity index (χ0n) is 12.3. The minimum atomic E-state index is -1.14. The van der Waals surface area contributed by atoms with Gasteiger partial charge >= 0.3 is 0 Å². The van der Waals surface area contributed by atoms with E-state index in [1.54, 1.807) is 10.7 Å². The third kappa shape index (κ3) is 3.44. The van der Waals surface area contributed by atoms with Crippen molar-refractivity contribution in [2.24, 2.45) is 0 Å². The Morgan fingerprint density at radius 3 is 2.58 bits per heavy atom. The second kappa shape index (κ2) is 6.80. The molecule has 0 radical (unpaired) electrons. The van der Waals surface area contributed by atoms with Gasteiger partial charge in [0.05, 0.1) is 23.3 Å². The number of rotatable bonds is 4. The lowest BCUT2D eigenvalue weighted by molar-refractivity contribution is 0.102. The van der Waals surface area contributed by atoms with Crippen molar-refractivity contribution >= 4 is 23.3 Å². The summed E-state index contributed by atoms with van der Waals surface area (Å²) in [6.07, 6.45) is 1.53. The topological polar surface area (TPSA) is 46.9 Å². The maximum Gasteiger partial charge on any atom is 0.258 e. The van der Waals surface area contributed by atoms with Crippen molar-refractivity contribution in [3.63, 3.8) is 0 Å². The van der Waals surface area contributed by atoms with Gasteiger partial charge in [0.25, 0.3) is 5.91 Å². The average Bonchev–Trinajstić information content (AvgIpc) is 2.98. The molecule has 4 nitrogen and oxygen atoms in total. The summed E-state index contributed by atoms with van der Waals surface area (Å²) in [5.74, 6) is -2.47. The molecule has 2 aromatic carbocycles. The maximum atomic E-state index is 13.3. The van der Waals surface area contributed by atoms with E-state index in [0.29, 0.717) is 12.4 Å². The molecule has 3 rings (SSSR count). The van der Waals surface area contributed by atoms with Crippen LogP contribution in [0.4, 0.5) is 14.6 Å². The lowest BCUT2D eigenvalue weighted by Gasteiger charge is -2.10. The first-order valence-electron chi connectivity index (χ1n) is 7.06. The Morgan fingerprint density at radius 2 is 1.83 bits per heavy atom. The molecule has 0 saturated heterocycles. The summed E-state index contributed by atoms with van der Waals surface area (Å²) in [5.41, 5.74) is 0.852. The van der Waals surface area contributed by atoms with Crippen LogP contribution < -0.4 is 5.32 Å². The average molecular weight is 348 g/mol. The maximum absolute atomic E-state index is 13.3. The highest BCUT2D eigenvalue weighted by molar-refractivity contribution is 6.34. The predicted octanol–water partition coefficient (Wildman–Crippen LogP) is 4.12. The summed E-state index contributed by atoms with van der Waals surface area (Å²) in [6.45, 7) is 0.453. The van der Waals surface area contributed by atoms with Crippen LogP contribution in [-0.2, 0) is 6.54 Å². The summed E-state index contributed by atoms with van der Waals surface area (Å²) >= 11 is 5.82. The fourth-order valence-electron chi connectivity index (χ4n) is 2.20. The van der Waals surface area contributed by atoms with Gasteiger partial charge in [-0.05, 0) is 17.7 Å². The molecule has 3 aromatic rings. The zero-order valence-corrected chi connectivity index (χ0v) is 13.1. The van der Waals surface area contributed by atoms with E-state index in [2.05, 4.69) is 10.4 Å².